The zero-order chi connectivity index (χ0) is 9.26. The molecular formula is C11H13N2. The van der Waals surface area contributed by atoms with Crippen molar-refractivity contribution in [3.63, 3.8) is 0 Å². The van der Waals surface area contributed by atoms with Crippen LogP contribution in [-0.4, -0.2) is 6.21 Å². The second-order valence-corrected chi connectivity index (χ2v) is 3.24. The minimum absolute atomic E-state index is 1.03. The van der Waals surface area contributed by atoms with Crippen molar-refractivity contribution >= 4 is 11.9 Å². The third-order valence-corrected chi connectivity index (χ3v) is 2.42. The van der Waals surface area contributed by atoms with Gasteiger partial charge in [0.2, 0.25) is 0 Å². The monoisotopic (exact) mass is 173 g/mol. The largest absolute Gasteiger partial charge is 0.158 e. The molecule has 0 aliphatic carbocycles. The van der Waals surface area contributed by atoms with Gasteiger partial charge in [0.15, 0.2) is 0 Å². The Balaban J connectivity index is 2.53. The van der Waals surface area contributed by atoms with Crippen LogP contribution in [0.5, 0.6) is 0 Å². The first-order valence-corrected chi connectivity index (χ1v) is 4.75. The minimum atomic E-state index is 1.03. The molecule has 0 spiro atoms. The van der Waals surface area contributed by atoms with E-state index in [4.69, 9.17) is 0 Å². The molecule has 0 N–H and O–H groups in total. The van der Waals surface area contributed by atoms with Gasteiger partial charge in [0.05, 0.1) is 11.9 Å². The summed E-state index contributed by atoms with van der Waals surface area (Å²) >= 11 is 0. The lowest BCUT2D eigenvalue weighted by atomic mass is 10.0. The van der Waals surface area contributed by atoms with Crippen molar-refractivity contribution in [2.45, 2.75) is 26.7 Å². The van der Waals surface area contributed by atoms with Crippen LogP contribution in [0.25, 0.3) is 0 Å². The maximum Gasteiger partial charge on any atom is 0.0977 e. The molecule has 0 bridgehead atoms. The van der Waals surface area contributed by atoms with E-state index >= 15 is 0 Å². The molecule has 1 aliphatic heterocycles. The molecule has 1 aromatic carbocycles. The number of hydrogen-bond donors (Lipinski definition) is 0. The molecule has 2 heteroatoms. The third-order valence-electron chi connectivity index (χ3n) is 2.42. The normalized spacial score (nSPS) is 12.8. The van der Waals surface area contributed by atoms with E-state index in [0.717, 1.165) is 18.5 Å². The summed E-state index contributed by atoms with van der Waals surface area (Å²) in [5, 5.41) is 3.94. The Morgan fingerprint density at radius 3 is 2.69 bits per heavy atom. The zero-order valence-corrected chi connectivity index (χ0v) is 8.04. The Labute approximate surface area is 78.7 Å². The van der Waals surface area contributed by atoms with E-state index < -0.39 is 0 Å². The molecule has 2 nitrogen and oxygen atoms in total. The molecule has 1 radical (unpaired) electrons. The van der Waals surface area contributed by atoms with Crippen molar-refractivity contribution in [1.29, 1.82) is 0 Å². The third kappa shape index (κ3) is 1.32. The van der Waals surface area contributed by atoms with Gasteiger partial charge in [0, 0.05) is 5.56 Å². The second kappa shape index (κ2) is 3.21. The van der Waals surface area contributed by atoms with Gasteiger partial charge in [0.25, 0.3) is 0 Å². The molecule has 1 aromatic rings. The highest BCUT2D eigenvalue weighted by molar-refractivity contribution is 5.90. The highest BCUT2D eigenvalue weighted by Gasteiger charge is 2.12. The summed E-state index contributed by atoms with van der Waals surface area (Å²) in [6.07, 6.45) is 3.95. The summed E-state index contributed by atoms with van der Waals surface area (Å²) in [5.74, 6) is 0. The van der Waals surface area contributed by atoms with Crippen LogP contribution < -0.4 is 5.43 Å². The molecule has 0 saturated heterocycles. The quantitative estimate of drug-likeness (QED) is 0.656. The number of hydrogen-bond acceptors (Lipinski definition) is 1. The molecule has 1 heterocycles. The van der Waals surface area contributed by atoms with Crippen molar-refractivity contribution in [1.82, 2.24) is 5.43 Å². The predicted octanol–water partition coefficient (Wildman–Crippen LogP) is 2.39. The van der Waals surface area contributed by atoms with Crippen molar-refractivity contribution in [2.75, 3.05) is 0 Å². The molecule has 0 fully saturated rings. The smallest absolute Gasteiger partial charge is 0.0977 e. The highest BCUT2D eigenvalue weighted by atomic mass is 15.3. The fraction of sp³-hybridized carbons (Fsp3) is 0.364. The van der Waals surface area contributed by atoms with Gasteiger partial charge in [0.1, 0.15) is 0 Å². The summed E-state index contributed by atoms with van der Waals surface area (Å²) in [7, 11) is 0. The number of fused-ring (bicyclic) bond motifs is 1. The van der Waals surface area contributed by atoms with Gasteiger partial charge in [-0.25, -0.2) is 0 Å². The van der Waals surface area contributed by atoms with Gasteiger partial charge in [-0.2, -0.15) is 10.5 Å². The molecule has 0 unspecified atom stereocenters. The number of benzene rings is 1. The molecule has 0 atom stereocenters. The predicted molar refractivity (Wildman–Crippen MR) is 54.6 cm³/mol. The van der Waals surface area contributed by atoms with Crippen molar-refractivity contribution in [3.05, 3.63) is 28.8 Å². The molecule has 67 valence electrons. The number of aryl methyl sites for hydroxylation is 2. The Morgan fingerprint density at radius 1 is 1.15 bits per heavy atom. The van der Waals surface area contributed by atoms with Gasteiger partial charge in [-0.1, -0.05) is 19.9 Å². The van der Waals surface area contributed by atoms with Gasteiger partial charge in [-0.15, -0.1) is 0 Å². The average Bonchev–Trinajstić information content (AvgIpc) is 2.63. The maximum absolute atomic E-state index is 4.11. The van der Waals surface area contributed by atoms with Crippen LogP contribution >= 0.6 is 0 Å². The van der Waals surface area contributed by atoms with Crippen LogP contribution in [-0.2, 0) is 12.8 Å². The topological polar surface area (TPSA) is 26.5 Å². The van der Waals surface area contributed by atoms with Crippen LogP contribution in [0.2, 0.25) is 0 Å². The minimum Gasteiger partial charge on any atom is -0.158 e. The molecule has 2 rings (SSSR count). The lowest BCUT2D eigenvalue weighted by Crippen LogP contribution is -1.94. The van der Waals surface area contributed by atoms with Crippen molar-refractivity contribution in [2.24, 2.45) is 5.10 Å². The maximum atomic E-state index is 4.11. The van der Waals surface area contributed by atoms with Crippen LogP contribution in [0.4, 0.5) is 5.69 Å². The first-order valence-electron chi connectivity index (χ1n) is 4.75. The summed E-state index contributed by atoms with van der Waals surface area (Å²) in [5.41, 5.74) is 9.05. The molecule has 0 aromatic heterocycles. The van der Waals surface area contributed by atoms with E-state index in [1.165, 1.54) is 16.7 Å². The average molecular weight is 173 g/mol. The van der Waals surface area contributed by atoms with E-state index in [0.29, 0.717) is 0 Å². The van der Waals surface area contributed by atoms with E-state index in [1.807, 2.05) is 6.21 Å². The van der Waals surface area contributed by atoms with Gasteiger partial charge in [-0.3, -0.25) is 0 Å². The Hall–Kier alpha value is -1.31. The Bertz CT molecular complexity index is 353. The highest BCUT2D eigenvalue weighted by Crippen LogP contribution is 2.26. The van der Waals surface area contributed by atoms with Gasteiger partial charge >= 0.3 is 0 Å². The summed E-state index contributed by atoms with van der Waals surface area (Å²) in [6, 6.07) is 4.41. The summed E-state index contributed by atoms with van der Waals surface area (Å²) in [6.45, 7) is 4.33. The first-order chi connectivity index (χ1) is 6.35. The standard InChI is InChI=1S/C11H13N2/c1-3-8-5-9(4-2)11-10(6-8)7-12-13-11/h5-7H,3-4H2,1-2H3. The molecule has 13 heavy (non-hydrogen) atoms. The van der Waals surface area contributed by atoms with Gasteiger partial charge in [-0.05, 0) is 30.0 Å². The Morgan fingerprint density at radius 2 is 2.00 bits per heavy atom. The van der Waals surface area contributed by atoms with E-state index in [-0.39, 0.29) is 0 Å². The molecule has 0 saturated carbocycles. The zero-order valence-electron chi connectivity index (χ0n) is 8.04. The van der Waals surface area contributed by atoms with E-state index in [1.54, 1.807) is 0 Å². The van der Waals surface area contributed by atoms with E-state index in [9.17, 15) is 0 Å². The van der Waals surface area contributed by atoms with Crippen LogP contribution in [0, 0.1) is 0 Å². The SMILES string of the molecule is CCc1cc2c(c(CC)c1)[N]N=C2. The molecule has 0 amide bonds. The second-order valence-electron chi connectivity index (χ2n) is 3.24. The lowest BCUT2D eigenvalue weighted by Gasteiger charge is -2.06. The lowest BCUT2D eigenvalue weighted by molar-refractivity contribution is 0.957. The molecular weight excluding hydrogens is 160 g/mol. The van der Waals surface area contributed by atoms with Crippen LogP contribution in [0.15, 0.2) is 17.2 Å². The van der Waals surface area contributed by atoms with Crippen molar-refractivity contribution in [3.8, 4) is 0 Å². The van der Waals surface area contributed by atoms with Crippen LogP contribution in [0.3, 0.4) is 0 Å². The summed E-state index contributed by atoms with van der Waals surface area (Å²) < 4.78 is 0. The first kappa shape index (κ1) is 8.30. The fourth-order valence-electron chi connectivity index (χ4n) is 1.63. The van der Waals surface area contributed by atoms with E-state index in [2.05, 4.69) is 36.5 Å². The Kier molecular flexibility index (Phi) is 2.05. The number of nitrogens with zero attached hydrogens (tertiary/aromatic N) is 2. The number of rotatable bonds is 2. The summed E-state index contributed by atoms with van der Waals surface area (Å²) in [4.78, 5) is 0. The molecule has 1 aliphatic rings. The fourth-order valence-corrected chi connectivity index (χ4v) is 1.63. The van der Waals surface area contributed by atoms with Crippen LogP contribution in [0.1, 0.15) is 30.5 Å². The van der Waals surface area contributed by atoms with Gasteiger partial charge < -0.3 is 0 Å². The van der Waals surface area contributed by atoms with Crippen molar-refractivity contribution < 1.29 is 0 Å².